The molecule has 0 bridgehead atoms. The van der Waals surface area contributed by atoms with E-state index in [0.717, 1.165) is 5.56 Å². The van der Waals surface area contributed by atoms with Crippen LogP contribution in [-0.4, -0.2) is 16.8 Å². The van der Waals surface area contributed by atoms with E-state index in [9.17, 15) is 14.7 Å². The van der Waals surface area contributed by atoms with E-state index in [1.165, 1.54) is 17.2 Å². The first-order chi connectivity index (χ1) is 13.9. The van der Waals surface area contributed by atoms with Crippen molar-refractivity contribution in [3.05, 3.63) is 99.1 Å². The molecule has 7 heteroatoms. The summed E-state index contributed by atoms with van der Waals surface area (Å²) in [7, 11) is 0. The lowest BCUT2D eigenvalue weighted by atomic mass is 9.95. The smallest absolute Gasteiger partial charge is 0.294 e. The highest BCUT2D eigenvalue weighted by Crippen LogP contribution is 2.42. The fourth-order valence-corrected chi connectivity index (χ4v) is 3.64. The number of Topliss-reactive ketones (excluding diaryl/α,β-unsaturated/α-hetero) is 1. The van der Waals surface area contributed by atoms with Gasteiger partial charge in [0.2, 0.25) is 5.78 Å². The third kappa shape index (κ3) is 3.33. The highest BCUT2D eigenvalue weighted by Gasteiger charge is 2.45. The average molecular weight is 428 g/mol. The van der Waals surface area contributed by atoms with E-state index in [0.29, 0.717) is 21.3 Å². The van der Waals surface area contributed by atoms with Crippen LogP contribution in [0.5, 0.6) is 0 Å². The van der Waals surface area contributed by atoms with E-state index in [2.05, 4.69) is 0 Å². The number of ketones is 1. The Kier molecular flexibility index (Phi) is 4.94. The van der Waals surface area contributed by atoms with Gasteiger partial charge in [0.1, 0.15) is 0 Å². The molecule has 2 heterocycles. The number of benzene rings is 2. The van der Waals surface area contributed by atoms with Gasteiger partial charge in [-0.2, -0.15) is 0 Å². The van der Waals surface area contributed by atoms with Gasteiger partial charge >= 0.3 is 0 Å². The third-order valence-electron chi connectivity index (χ3n) is 4.82. The number of nitrogens with zero attached hydrogens (tertiary/aromatic N) is 1. The van der Waals surface area contributed by atoms with Crippen LogP contribution in [0.3, 0.4) is 0 Å². The molecule has 0 saturated carbocycles. The van der Waals surface area contributed by atoms with Crippen molar-refractivity contribution in [2.45, 2.75) is 13.0 Å². The molecule has 1 unspecified atom stereocenters. The molecule has 29 heavy (non-hydrogen) atoms. The Morgan fingerprint density at radius 1 is 1.10 bits per heavy atom. The second-order valence-corrected chi connectivity index (χ2v) is 7.48. The number of halogens is 2. The van der Waals surface area contributed by atoms with Crippen molar-refractivity contribution in [2.24, 2.45) is 0 Å². The van der Waals surface area contributed by atoms with Crippen molar-refractivity contribution in [1.29, 1.82) is 0 Å². The van der Waals surface area contributed by atoms with E-state index in [1.807, 2.05) is 6.92 Å². The van der Waals surface area contributed by atoms with Gasteiger partial charge in [-0.25, -0.2) is 0 Å². The maximum absolute atomic E-state index is 13.1. The van der Waals surface area contributed by atoms with Gasteiger partial charge in [-0.3, -0.25) is 14.5 Å². The summed E-state index contributed by atoms with van der Waals surface area (Å²) in [5.41, 5.74) is 1.84. The van der Waals surface area contributed by atoms with Crippen LogP contribution in [0, 0.1) is 6.92 Å². The standard InChI is InChI=1S/C22H15Cl2NO4/c1-12-4-9-15(11-16(12)24)25-19(13-5-7-14(23)8-6-13)18(21(27)22(25)28)20(26)17-3-2-10-29-17/h2-11,19,27H,1H3. The first-order valence-electron chi connectivity index (χ1n) is 8.75. The van der Waals surface area contributed by atoms with Crippen LogP contribution in [0.25, 0.3) is 0 Å². The van der Waals surface area contributed by atoms with Crippen molar-refractivity contribution in [3.63, 3.8) is 0 Å². The SMILES string of the molecule is Cc1ccc(N2C(=O)C(O)=C(C(=O)c3ccco3)C2c2ccc(Cl)cc2)cc1Cl. The fraction of sp³-hybridized carbons (Fsp3) is 0.0909. The number of aliphatic hydroxyl groups excluding tert-OH is 1. The molecule has 1 N–H and O–H groups in total. The van der Waals surface area contributed by atoms with E-state index in [1.54, 1.807) is 48.5 Å². The Morgan fingerprint density at radius 3 is 2.45 bits per heavy atom. The van der Waals surface area contributed by atoms with E-state index < -0.39 is 23.5 Å². The largest absolute Gasteiger partial charge is 0.503 e. The number of carbonyl (C=O) groups excluding carboxylic acids is 2. The van der Waals surface area contributed by atoms with Crippen LogP contribution in [0.1, 0.15) is 27.7 Å². The lowest BCUT2D eigenvalue weighted by Crippen LogP contribution is -2.31. The maximum atomic E-state index is 13.1. The number of amides is 1. The Morgan fingerprint density at radius 2 is 1.83 bits per heavy atom. The Balaban J connectivity index is 1.89. The Labute approximate surface area is 176 Å². The zero-order chi connectivity index (χ0) is 20.7. The zero-order valence-corrected chi connectivity index (χ0v) is 16.7. The molecule has 5 nitrogen and oxygen atoms in total. The minimum absolute atomic E-state index is 0.0297. The average Bonchev–Trinajstić information content (AvgIpc) is 3.32. The first-order valence-corrected chi connectivity index (χ1v) is 9.50. The van der Waals surface area contributed by atoms with Gasteiger partial charge in [0.25, 0.3) is 5.91 Å². The predicted octanol–water partition coefficient (Wildman–Crippen LogP) is 5.68. The molecule has 2 aromatic carbocycles. The molecule has 0 spiro atoms. The number of rotatable bonds is 4. The molecule has 0 saturated heterocycles. The number of anilines is 1. The van der Waals surface area contributed by atoms with Gasteiger partial charge in [-0.05, 0) is 54.4 Å². The molecular weight excluding hydrogens is 413 g/mol. The number of aryl methyl sites for hydroxylation is 1. The zero-order valence-electron chi connectivity index (χ0n) is 15.2. The van der Waals surface area contributed by atoms with Gasteiger partial charge in [-0.1, -0.05) is 41.4 Å². The van der Waals surface area contributed by atoms with Gasteiger partial charge in [0.05, 0.1) is 17.9 Å². The lowest BCUT2D eigenvalue weighted by molar-refractivity contribution is -0.117. The van der Waals surface area contributed by atoms with Crippen LogP contribution in [0.4, 0.5) is 5.69 Å². The molecule has 1 aliphatic heterocycles. The predicted molar refractivity (Wildman–Crippen MR) is 111 cm³/mol. The van der Waals surface area contributed by atoms with Gasteiger partial charge < -0.3 is 9.52 Å². The summed E-state index contributed by atoms with van der Waals surface area (Å²) in [5.74, 6) is -1.86. The number of furan rings is 1. The van der Waals surface area contributed by atoms with Gasteiger partial charge in [0.15, 0.2) is 11.5 Å². The molecule has 1 aliphatic rings. The molecule has 1 amide bonds. The van der Waals surface area contributed by atoms with Crippen molar-refractivity contribution in [3.8, 4) is 0 Å². The molecule has 3 aromatic rings. The number of aliphatic hydroxyl groups is 1. The summed E-state index contributed by atoms with van der Waals surface area (Å²) < 4.78 is 5.20. The van der Waals surface area contributed by atoms with Crippen LogP contribution in [0.15, 0.2) is 76.6 Å². The second-order valence-electron chi connectivity index (χ2n) is 6.63. The summed E-state index contributed by atoms with van der Waals surface area (Å²) in [6.45, 7) is 1.84. The summed E-state index contributed by atoms with van der Waals surface area (Å²) >= 11 is 12.3. The highest BCUT2D eigenvalue weighted by atomic mass is 35.5. The van der Waals surface area contributed by atoms with Crippen molar-refractivity contribution in [1.82, 2.24) is 0 Å². The van der Waals surface area contributed by atoms with Crippen LogP contribution in [0.2, 0.25) is 10.0 Å². The second kappa shape index (κ2) is 7.43. The quantitative estimate of drug-likeness (QED) is 0.543. The lowest BCUT2D eigenvalue weighted by Gasteiger charge is -2.27. The van der Waals surface area contributed by atoms with Crippen LogP contribution in [-0.2, 0) is 4.79 Å². The monoisotopic (exact) mass is 427 g/mol. The number of hydrogen-bond donors (Lipinski definition) is 1. The third-order valence-corrected chi connectivity index (χ3v) is 5.48. The number of carbonyl (C=O) groups is 2. The minimum atomic E-state index is -0.865. The highest BCUT2D eigenvalue weighted by molar-refractivity contribution is 6.32. The van der Waals surface area contributed by atoms with Crippen LogP contribution < -0.4 is 4.90 Å². The molecule has 146 valence electrons. The fourth-order valence-electron chi connectivity index (χ4n) is 3.34. The van der Waals surface area contributed by atoms with Gasteiger partial charge in [-0.15, -0.1) is 0 Å². The molecule has 1 aromatic heterocycles. The summed E-state index contributed by atoms with van der Waals surface area (Å²) in [6.07, 6.45) is 1.36. The van der Waals surface area contributed by atoms with E-state index >= 15 is 0 Å². The molecule has 4 rings (SSSR count). The number of hydrogen-bond acceptors (Lipinski definition) is 4. The molecule has 0 radical (unpaired) electrons. The van der Waals surface area contributed by atoms with Crippen LogP contribution >= 0.6 is 23.2 Å². The van der Waals surface area contributed by atoms with E-state index in [-0.39, 0.29) is 11.3 Å². The molecule has 1 atom stereocenters. The maximum Gasteiger partial charge on any atom is 0.294 e. The Hall–Kier alpha value is -3.02. The normalized spacial score (nSPS) is 16.6. The van der Waals surface area contributed by atoms with Crippen molar-refractivity contribution < 1.29 is 19.1 Å². The summed E-state index contributed by atoms with van der Waals surface area (Å²) in [4.78, 5) is 27.4. The summed E-state index contributed by atoms with van der Waals surface area (Å²) in [6, 6.07) is 14.0. The van der Waals surface area contributed by atoms with Gasteiger partial charge in [0, 0.05) is 15.7 Å². The minimum Gasteiger partial charge on any atom is -0.503 e. The summed E-state index contributed by atoms with van der Waals surface area (Å²) in [5, 5.41) is 11.6. The molecule has 0 aliphatic carbocycles. The van der Waals surface area contributed by atoms with E-state index in [4.69, 9.17) is 27.6 Å². The topological polar surface area (TPSA) is 70.8 Å². The first kappa shape index (κ1) is 19.3. The molecular formula is C22H15Cl2NO4. The van der Waals surface area contributed by atoms with Crippen molar-refractivity contribution in [2.75, 3.05) is 4.90 Å². The Bertz CT molecular complexity index is 1130. The van der Waals surface area contributed by atoms with Crippen molar-refractivity contribution >= 4 is 40.6 Å². The molecule has 0 fully saturated rings.